The molecule has 0 amide bonds. The molecule has 1 aliphatic rings. The van der Waals surface area contributed by atoms with E-state index in [1.54, 1.807) is 12.2 Å². The van der Waals surface area contributed by atoms with Crippen molar-refractivity contribution in [1.82, 2.24) is 0 Å². The fourth-order valence-corrected chi connectivity index (χ4v) is 5.18. The number of allylic oxidation sites excluding steroid dienone is 1. The van der Waals surface area contributed by atoms with Crippen molar-refractivity contribution in [3.8, 4) is 11.1 Å². The number of carbonyl (C=O) groups is 2. The number of aliphatic hydroxyl groups is 1. The largest absolute Gasteiger partial charge is 0.481 e. The molecular weight excluding hydrogens is 464 g/mol. The smallest absolute Gasteiger partial charge is 0.306 e. The van der Waals surface area contributed by atoms with Gasteiger partial charge in [0.15, 0.2) is 5.78 Å². The molecule has 1 aliphatic carbocycles. The molecule has 1 fully saturated rings. The second kappa shape index (κ2) is 12.6. The van der Waals surface area contributed by atoms with Crippen LogP contribution in [-0.2, 0) is 27.4 Å². The van der Waals surface area contributed by atoms with Crippen molar-refractivity contribution in [2.24, 2.45) is 5.92 Å². The van der Waals surface area contributed by atoms with Crippen molar-refractivity contribution in [3.05, 3.63) is 108 Å². The number of rotatable bonds is 12. The number of aryl methyl sites for hydroxylation is 1. The Morgan fingerprint density at radius 1 is 0.892 bits per heavy atom. The van der Waals surface area contributed by atoms with E-state index in [9.17, 15) is 19.8 Å². The molecule has 37 heavy (non-hydrogen) atoms. The first-order chi connectivity index (χ1) is 18.0. The molecule has 5 heteroatoms. The minimum atomic E-state index is -1.28. The number of hydrogen-bond acceptors (Lipinski definition) is 4. The molecule has 0 saturated heterocycles. The van der Waals surface area contributed by atoms with Gasteiger partial charge in [0.1, 0.15) is 5.60 Å². The fraction of sp³-hybridized carbons (Fsp3) is 0.312. The zero-order valence-electron chi connectivity index (χ0n) is 21.0. The van der Waals surface area contributed by atoms with Gasteiger partial charge in [-0.15, -0.1) is 0 Å². The molecule has 1 saturated carbocycles. The van der Waals surface area contributed by atoms with E-state index in [0.717, 1.165) is 29.5 Å². The second-order valence-corrected chi connectivity index (χ2v) is 9.74. The lowest BCUT2D eigenvalue weighted by molar-refractivity contribution is -0.163. The summed E-state index contributed by atoms with van der Waals surface area (Å²) in [5.41, 5.74) is 2.93. The van der Waals surface area contributed by atoms with Gasteiger partial charge in [-0.25, -0.2) is 0 Å². The van der Waals surface area contributed by atoms with Crippen LogP contribution in [0.1, 0.15) is 43.2 Å². The maximum atomic E-state index is 12.5. The van der Waals surface area contributed by atoms with Crippen LogP contribution in [0.15, 0.2) is 97.1 Å². The topological polar surface area (TPSA) is 83.8 Å². The van der Waals surface area contributed by atoms with Gasteiger partial charge in [-0.1, -0.05) is 84.9 Å². The van der Waals surface area contributed by atoms with Crippen LogP contribution in [0.2, 0.25) is 0 Å². The first-order valence-corrected chi connectivity index (χ1v) is 12.9. The van der Waals surface area contributed by atoms with E-state index in [2.05, 4.69) is 0 Å². The monoisotopic (exact) mass is 498 g/mol. The Morgan fingerprint density at radius 2 is 1.57 bits per heavy atom. The Labute approximate surface area is 218 Å². The van der Waals surface area contributed by atoms with E-state index in [4.69, 9.17) is 4.74 Å². The average molecular weight is 499 g/mol. The molecule has 3 atom stereocenters. The zero-order valence-corrected chi connectivity index (χ0v) is 21.0. The van der Waals surface area contributed by atoms with Crippen molar-refractivity contribution in [1.29, 1.82) is 0 Å². The van der Waals surface area contributed by atoms with Crippen molar-refractivity contribution in [2.75, 3.05) is 0 Å². The number of benzene rings is 3. The van der Waals surface area contributed by atoms with Crippen molar-refractivity contribution >= 4 is 11.8 Å². The molecule has 5 nitrogen and oxygen atoms in total. The maximum absolute atomic E-state index is 12.5. The highest BCUT2D eigenvalue weighted by Crippen LogP contribution is 2.43. The number of carbonyl (C=O) groups excluding carboxylic acids is 1. The Kier molecular flexibility index (Phi) is 9.04. The van der Waals surface area contributed by atoms with Gasteiger partial charge in [0.25, 0.3) is 0 Å². The second-order valence-electron chi connectivity index (χ2n) is 9.74. The minimum Gasteiger partial charge on any atom is -0.481 e. The summed E-state index contributed by atoms with van der Waals surface area (Å²) in [4.78, 5) is 24.4. The molecule has 0 aromatic heterocycles. The van der Waals surface area contributed by atoms with E-state index in [1.165, 1.54) is 5.56 Å². The van der Waals surface area contributed by atoms with Crippen LogP contribution in [0.5, 0.6) is 0 Å². The third kappa shape index (κ3) is 7.03. The number of carboxylic acids is 1. The predicted molar refractivity (Wildman–Crippen MR) is 144 cm³/mol. The molecular formula is C32H34O5. The summed E-state index contributed by atoms with van der Waals surface area (Å²) < 4.78 is 6.28. The Balaban J connectivity index is 1.43. The number of aliphatic carboxylic acids is 1. The van der Waals surface area contributed by atoms with Gasteiger partial charge in [-0.2, -0.15) is 0 Å². The molecule has 2 N–H and O–H groups in total. The van der Waals surface area contributed by atoms with Crippen LogP contribution in [0.25, 0.3) is 11.1 Å². The maximum Gasteiger partial charge on any atom is 0.306 e. The molecule has 4 rings (SSSR count). The van der Waals surface area contributed by atoms with Gasteiger partial charge < -0.3 is 14.9 Å². The van der Waals surface area contributed by atoms with Crippen LogP contribution >= 0.6 is 0 Å². The number of hydrogen-bond donors (Lipinski definition) is 2. The van der Waals surface area contributed by atoms with Gasteiger partial charge in [0.2, 0.25) is 0 Å². The molecule has 3 aromatic carbocycles. The van der Waals surface area contributed by atoms with Crippen LogP contribution in [0.4, 0.5) is 0 Å². The third-order valence-electron chi connectivity index (χ3n) is 7.16. The lowest BCUT2D eigenvalue weighted by atomic mass is 9.85. The quantitative estimate of drug-likeness (QED) is 0.299. The van der Waals surface area contributed by atoms with E-state index < -0.39 is 17.7 Å². The van der Waals surface area contributed by atoms with Gasteiger partial charge in [0, 0.05) is 12.3 Å². The normalized spacial score (nSPS) is 21.3. The number of ketones is 1. The van der Waals surface area contributed by atoms with Crippen molar-refractivity contribution in [2.45, 2.75) is 56.8 Å². The highest BCUT2D eigenvalue weighted by molar-refractivity contribution is 5.89. The molecule has 192 valence electrons. The Morgan fingerprint density at radius 3 is 2.30 bits per heavy atom. The molecule has 0 aliphatic heterocycles. The third-order valence-corrected chi connectivity index (χ3v) is 7.16. The highest BCUT2D eigenvalue weighted by atomic mass is 16.5. The average Bonchev–Trinajstić information content (AvgIpc) is 3.21. The summed E-state index contributed by atoms with van der Waals surface area (Å²) in [5, 5.41) is 20.6. The van der Waals surface area contributed by atoms with Gasteiger partial charge >= 0.3 is 5.97 Å². The van der Waals surface area contributed by atoms with Gasteiger partial charge in [-0.05, 0) is 60.1 Å². The van der Waals surface area contributed by atoms with Crippen LogP contribution < -0.4 is 0 Å². The summed E-state index contributed by atoms with van der Waals surface area (Å²) in [6.45, 7) is 0.167. The number of ether oxygens (including phenoxy) is 1. The standard InChI is InChI=1S/C32H34O5/c33-29(16-8-11-24-9-3-1-4-10-24)19-17-28-18-20-30(34)32(28,22-31(35)36)37-23-25-12-7-15-27(21-25)26-13-5-2-6-14-26/h1-7,9-10,12-15,17,19,21,28,30,34H,8,11,16,18,20,22-23H2,(H,35,36). The number of aliphatic hydroxyl groups excluding tert-OH is 1. The van der Waals surface area contributed by atoms with Crippen LogP contribution in [0, 0.1) is 5.92 Å². The molecule has 3 unspecified atom stereocenters. The predicted octanol–water partition coefficient (Wildman–Crippen LogP) is 6.00. The van der Waals surface area contributed by atoms with Crippen LogP contribution in [-0.4, -0.2) is 33.7 Å². The summed E-state index contributed by atoms with van der Waals surface area (Å²) in [5.74, 6) is -1.40. The summed E-state index contributed by atoms with van der Waals surface area (Å²) in [7, 11) is 0. The highest BCUT2D eigenvalue weighted by Gasteiger charge is 2.51. The van der Waals surface area contributed by atoms with E-state index in [1.807, 2.05) is 84.9 Å². The number of carboxylic acid groups (broad SMARTS) is 1. The fourth-order valence-electron chi connectivity index (χ4n) is 5.18. The Hall–Kier alpha value is -3.54. The van der Waals surface area contributed by atoms with E-state index >= 15 is 0 Å². The minimum absolute atomic E-state index is 0.00268. The van der Waals surface area contributed by atoms with E-state index in [-0.39, 0.29) is 24.7 Å². The first-order valence-electron chi connectivity index (χ1n) is 12.9. The van der Waals surface area contributed by atoms with Gasteiger partial charge in [0.05, 0.1) is 19.1 Å². The van der Waals surface area contributed by atoms with Crippen molar-refractivity contribution < 1.29 is 24.5 Å². The molecule has 0 radical (unpaired) electrons. The zero-order chi connectivity index (χ0) is 26.1. The summed E-state index contributed by atoms with van der Waals surface area (Å²) in [6.07, 6.45) is 5.02. The molecule has 0 spiro atoms. The first kappa shape index (κ1) is 26.5. The van der Waals surface area contributed by atoms with Gasteiger partial charge in [-0.3, -0.25) is 9.59 Å². The van der Waals surface area contributed by atoms with E-state index in [0.29, 0.717) is 19.3 Å². The van der Waals surface area contributed by atoms with Crippen molar-refractivity contribution in [3.63, 3.8) is 0 Å². The SMILES string of the molecule is O=C(O)CC1(OCc2cccc(-c3ccccc3)c2)C(O)CCC1C=CC(=O)CCCc1ccccc1. The Bertz CT molecular complexity index is 1200. The lowest BCUT2D eigenvalue weighted by Gasteiger charge is -2.36. The molecule has 0 heterocycles. The van der Waals surface area contributed by atoms with Crippen LogP contribution in [0.3, 0.4) is 0 Å². The molecule has 0 bridgehead atoms. The molecule has 3 aromatic rings. The summed E-state index contributed by atoms with van der Waals surface area (Å²) in [6, 6.07) is 28.0. The summed E-state index contributed by atoms with van der Waals surface area (Å²) >= 11 is 0. The lowest BCUT2D eigenvalue weighted by Crippen LogP contribution is -2.47.